The maximum atomic E-state index is 12.4. The van der Waals surface area contributed by atoms with E-state index in [4.69, 9.17) is 9.15 Å². The summed E-state index contributed by atoms with van der Waals surface area (Å²) in [5, 5.41) is 8.70. The number of amides is 2. The molecule has 0 bridgehead atoms. The molecule has 0 aliphatic rings. The average Bonchev–Trinajstić information content (AvgIpc) is 3.28. The lowest BCUT2D eigenvalue weighted by Gasteiger charge is -2.12. The highest BCUT2D eigenvalue weighted by Gasteiger charge is 2.12. The predicted molar refractivity (Wildman–Crippen MR) is 111 cm³/mol. The molecule has 2 aromatic carbocycles. The molecule has 0 saturated carbocycles. The van der Waals surface area contributed by atoms with Gasteiger partial charge in [0.2, 0.25) is 5.91 Å². The van der Waals surface area contributed by atoms with Crippen LogP contribution in [0.1, 0.15) is 29.1 Å². The molecule has 150 valence electrons. The lowest BCUT2D eigenvalue weighted by Crippen LogP contribution is -2.30. The van der Waals surface area contributed by atoms with Crippen LogP contribution in [0, 0.1) is 0 Å². The van der Waals surface area contributed by atoms with Gasteiger partial charge in [0.1, 0.15) is 11.5 Å². The second-order valence-electron chi connectivity index (χ2n) is 6.40. The van der Waals surface area contributed by atoms with Gasteiger partial charge in [-0.2, -0.15) is 0 Å². The minimum atomic E-state index is -0.263. The first-order valence-corrected chi connectivity index (χ1v) is 9.18. The minimum absolute atomic E-state index is 0.0724. The highest BCUT2D eigenvalue weighted by atomic mass is 16.5. The van der Waals surface area contributed by atoms with Gasteiger partial charge in [-0.05, 0) is 55.5 Å². The third kappa shape index (κ3) is 5.46. The van der Waals surface area contributed by atoms with Crippen molar-refractivity contribution >= 4 is 23.2 Å². The van der Waals surface area contributed by atoms with Crippen molar-refractivity contribution < 1.29 is 18.7 Å². The molecule has 7 heteroatoms. The van der Waals surface area contributed by atoms with Crippen molar-refractivity contribution in [2.24, 2.45) is 0 Å². The van der Waals surface area contributed by atoms with Crippen molar-refractivity contribution in [1.82, 2.24) is 5.32 Å². The van der Waals surface area contributed by atoms with E-state index in [0.717, 1.165) is 5.76 Å². The Balaban J connectivity index is 1.52. The molecule has 3 aromatic rings. The van der Waals surface area contributed by atoms with Crippen LogP contribution in [0.2, 0.25) is 0 Å². The molecule has 0 spiro atoms. The van der Waals surface area contributed by atoms with Gasteiger partial charge < -0.3 is 19.8 Å². The summed E-state index contributed by atoms with van der Waals surface area (Å²) in [6, 6.07) is 17.4. The Kier molecular flexibility index (Phi) is 6.65. The summed E-state index contributed by atoms with van der Waals surface area (Å²) in [6.45, 7) is 2.05. The van der Waals surface area contributed by atoms with E-state index in [1.54, 1.807) is 55.8 Å². The molecular formula is C22H23N3O4. The Labute approximate surface area is 169 Å². The van der Waals surface area contributed by atoms with Gasteiger partial charge >= 0.3 is 0 Å². The van der Waals surface area contributed by atoms with Crippen LogP contribution in [0.3, 0.4) is 0 Å². The van der Waals surface area contributed by atoms with Crippen LogP contribution in [0.5, 0.6) is 5.75 Å². The zero-order chi connectivity index (χ0) is 20.6. The van der Waals surface area contributed by atoms with Gasteiger partial charge in [0, 0.05) is 11.3 Å². The first-order chi connectivity index (χ1) is 14.1. The number of rotatable bonds is 8. The third-order valence-electron chi connectivity index (χ3n) is 4.32. The second-order valence-corrected chi connectivity index (χ2v) is 6.40. The molecule has 0 aliphatic carbocycles. The number of ether oxygens (including phenoxy) is 1. The number of carbonyl (C=O) groups is 2. The quantitative estimate of drug-likeness (QED) is 0.541. The number of para-hydroxylation sites is 2. The zero-order valence-electron chi connectivity index (χ0n) is 16.3. The highest BCUT2D eigenvalue weighted by Crippen LogP contribution is 2.23. The number of methoxy groups -OCH3 is 1. The van der Waals surface area contributed by atoms with Crippen LogP contribution >= 0.6 is 0 Å². The Morgan fingerprint density at radius 2 is 1.76 bits per heavy atom. The Bertz CT molecular complexity index is 952. The fraction of sp³-hybridized carbons (Fsp3) is 0.182. The first kappa shape index (κ1) is 20.2. The van der Waals surface area contributed by atoms with Crippen LogP contribution in [-0.2, 0) is 4.79 Å². The molecule has 7 nitrogen and oxygen atoms in total. The number of hydrogen-bond acceptors (Lipinski definition) is 5. The molecule has 3 N–H and O–H groups in total. The van der Waals surface area contributed by atoms with Crippen LogP contribution in [0.15, 0.2) is 71.3 Å². The number of carbonyl (C=O) groups excluding carboxylic acids is 2. The van der Waals surface area contributed by atoms with Gasteiger partial charge in [-0.25, -0.2) is 0 Å². The van der Waals surface area contributed by atoms with Gasteiger partial charge in [-0.3, -0.25) is 14.9 Å². The van der Waals surface area contributed by atoms with E-state index in [9.17, 15) is 9.59 Å². The molecule has 0 unspecified atom stereocenters. The van der Waals surface area contributed by atoms with Crippen molar-refractivity contribution in [3.05, 3.63) is 78.3 Å². The normalized spacial score (nSPS) is 11.5. The van der Waals surface area contributed by atoms with E-state index in [-0.39, 0.29) is 24.4 Å². The van der Waals surface area contributed by atoms with E-state index in [0.29, 0.717) is 22.7 Å². The number of anilines is 2. The van der Waals surface area contributed by atoms with Gasteiger partial charge in [-0.15, -0.1) is 0 Å². The number of nitrogens with one attached hydrogen (secondary N) is 3. The number of furan rings is 1. The fourth-order valence-electron chi connectivity index (χ4n) is 2.74. The molecule has 1 heterocycles. The molecule has 0 radical (unpaired) electrons. The van der Waals surface area contributed by atoms with Crippen LogP contribution in [-0.4, -0.2) is 25.5 Å². The number of hydrogen-bond donors (Lipinski definition) is 3. The topological polar surface area (TPSA) is 92.6 Å². The van der Waals surface area contributed by atoms with Gasteiger partial charge in [0.25, 0.3) is 5.91 Å². The Hall–Kier alpha value is -3.58. The smallest absolute Gasteiger partial charge is 0.255 e. The summed E-state index contributed by atoms with van der Waals surface area (Å²) in [4.78, 5) is 24.6. The van der Waals surface area contributed by atoms with Gasteiger partial charge in [0.05, 0.1) is 31.6 Å². The standard InChI is InChI=1S/C22H23N3O4/c1-15(19-8-5-13-29-19)23-14-21(26)24-17-11-9-16(10-12-17)22(27)25-18-6-3-4-7-20(18)28-2/h3-13,15,23H,14H2,1-2H3,(H,24,26)(H,25,27)/t15-/m0/s1. The largest absolute Gasteiger partial charge is 0.495 e. The monoisotopic (exact) mass is 393 g/mol. The molecule has 2 amide bonds. The van der Waals surface area contributed by atoms with Crippen molar-refractivity contribution in [2.45, 2.75) is 13.0 Å². The van der Waals surface area contributed by atoms with Gasteiger partial charge in [0.15, 0.2) is 0 Å². The number of benzene rings is 2. The first-order valence-electron chi connectivity index (χ1n) is 9.18. The molecule has 0 saturated heterocycles. The summed E-state index contributed by atoms with van der Waals surface area (Å²) in [6.07, 6.45) is 1.60. The van der Waals surface area contributed by atoms with Crippen LogP contribution < -0.4 is 20.7 Å². The molecular weight excluding hydrogens is 370 g/mol. The highest BCUT2D eigenvalue weighted by molar-refractivity contribution is 6.05. The molecule has 0 aliphatic heterocycles. The predicted octanol–water partition coefficient (Wildman–Crippen LogP) is 3.83. The minimum Gasteiger partial charge on any atom is -0.495 e. The summed E-state index contributed by atoms with van der Waals surface area (Å²) >= 11 is 0. The van der Waals surface area contributed by atoms with E-state index < -0.39 is 0 Å². The Morgan fingerprint density at radius 3 is 2.45 bits per heavy atom. The summed E-state index contributed by atoms with van der Waals surface area (Å²) < 4.78 is 10.5. The molecule has 1 atom stereocenters. The SMILES string of the molecule is COc1ccccc1NC(=O)c1ccc(NC(=O)CN[C@@H](C)c2ccco2)cc1. The molecule has 0 fully saturated rings. The van der Waals surface area contributed by atoms with Crippen LogP contribution in [0.4, 0.5) is 11.4 Å². The maximum absolute atomic E-state index is 12.4. The van der Waals surface area contributed by atoms with Gasteiger partial charge in [-0.1, -0.05) is 12.1 Å². The van der Waals surface area contributed by atoms with E-state index in [1.807, 2.05) is 25.1 Å². The molecule has 1 aromatic heterocycles. The van der Waals surface area contributed by atoms with E-state index in [1.165, 1.54) is 0 Å². The van der Waals surface area contributed by atoms with Crippen molar-refractivity contribution in [2.75, 3.05) is 24.3 Å². The average molecular weight is 393 g/mol. The third-order valence-corrected chi connectivity index (χ3v) is 4.32. The summed E-state index contributed by atoms with van der Waals surface area (Å²) in [7, 11) is 1.55. The second kappa shape index (κ2) is 9.57. The van der Waals surface area contributed by atoms with E-state index >= 15 is 0 Å². The summed E-state index contributed by atoms with van der Waals surface area (Å²) in [5.74, 6) is 0.903. The fourth-order valence-corrected chi connectivity index (χ4v) is 2.74. The maximum Gasteiger partial charge on any atom is 0.255 e. The summed E-state index contributed by atoms with van der Waals surface area (Å²) in [5.41, 5.74) is 1.67. The van der Waals surface area contributed by atoms with Crippen molar-refractivity contribution in [1.29, 1.82) is 0 Å². The lowest BCUT2D eigenvalue weighted by atomic mass is 10.2. The van der Waals surface area contributed by atoms with E-state index in [2.05, 4.69) is 16.0 Å². The van der Waals surface area contributed by atoms with Crippen molar-refractivity contribution in [3.63, 3.8) is 0 Å². The zero-order valence-corrected chi connectivity index (χ0v) is 16.3. The molecule has 3 rings (SSSR count). The molecule has 29 heavy (non-hydrogen) atoms. The Morgan fingerprint density at radius 1 is 1.00 bits per heavy atom. The lowest BCUT2D eigenvalue weighted by molar-refractivity contribution is -0.115. The van der Waals surface area contributed by atoms with Crippen molar-refractivity contribution in [3.8, 4) is 5.75 Å². The van der Waals surface area contributed by atoms with Crippen LogP contribution in [0.25, 0.3) is 0 Å².